The summed E-state index contributed by atoms with van der Waals surface area (Å²) in [6.45, 7) is 3.66. The van der Waals surface area contributed by atoms with Gasteiger partial charge in [0.25, 0.3) is 5.91 Å². The number of hydrogen-bond donors (Lipinski definition) is 1. The molecule has 0 saturated carbocycles. The van der Waals surface area contributed by atoms with Crippen LogP contribution >= 0.6 is 11.3 Å². The van der Waals surface area contributed by atoms with Crippen molar-refractivity contribution in [3.63, 3.8) is 0 Å². The minimum absolute atomic E-state index is 0.241. The lowest BCUT2D eigenvalue weighted by Gasteiger charge is -2.13. The number of carboxylic acids is 1. The number of aromatic nitrogens is 1. The Labute approximate surface area is 153 Å². The second-order valence-electron chi connectivity index (χ2n) is 5.91. The Balaban J connectivity index is 2.22. The minimum atomic E-state index is -1.03. The Morgan fingerprint density at radius 3 is 2.54 bits per heavy atom. The largest absolute Gasteiger partial charge is 0.480 e. The summed E-state index contributed by atoms with van der Waals surface area (Å²) in [5.41, 5.74) is 1.97. The molecule has 2 aromatic carbocycles. The SMILES string of the molecule is CCC(C(=O)O)n1/c(=N/C(=O)c2ccc(C)cc2)sc2cc(F)ccc21. The lowest BCUT2D eigenvalue weighted by Crippen LogP contribution is -2.27. The van der Waals surface area contributed by atoms with Crippen molar-refractivity contribution in [2.24, 2.45) is 4.99 Å². The van der Waals surface area contributed by atoms with Gasteiger partial charge in [-0.05, 0) is 43.7 Å². The Hall–Kier alpha value is -2.80. The molecule has 1 atom stereocenters. The van der Waals surface area contributed by atoms with Crippen molar-refractivity contribution in [2.75, 3.05) is 0 Å². The predicted molar refractivity (Wildman–Crippen MR) is 97.8 cm³/mol. The molecule has 0 radical (unpaired) electrons. The van der Waals surface area contributed by atoms with Crippen LogP contribution in [0.5, 0.6) is 0 Å². The minimum Gasteiger partial charge on any atom is -0.480 e. The number of halogens is 1. The number of aryl methyl sites for hydroxylation is 1. The Kier molecular flexibility index (Phi) is 4.99. The van der Waals surface area contributed by atoms with E-state index in [1.165, 1.54) is 22.8 Å². The van der Waals surface area contributed by atoms with Gasteiger partial charge in [-0.25, -0.2) is 9.18 Å². The Morgan fingerprint density at radius 1 is 1.23 bits per heavy atom. The van der Waals surface area contributed by atoms with Gasteiger partial charge in [-0.1, -0.05) is 36.0 Å². The molecule has 1 unspecified atom stereocenters. The van der Waals surface area contributed by atoms with Crippen molar-refractivity contribution < 1.29 is 19.1 Å². The maximum atomic E-state index is 13.6. The molecule has 0 aliphatic rings. The smallest absolute Gasteiger partial charge is 0.326 e. The van der Waals surface area contributed by atoms with Gasteiger partial charge in [0.2, 0.25) is 0 Å². The van der Waals surface area contributed by atoms with Crippen LogP contribution in [0.3, 0.4) is 0 Å². The quantitative estimate of drug-likeness (QED) is 0.754. The molecule has 0 spiro atoms. The maximum Gasteiger partial charge on any atom is 0.326 e. The third-order valence-electron chi connectivity index (χ3n) is 4.07. The molecule has 5 nitrogen and oxygen atoms in total. The standard InChI is InChI=1S/C19H17FN2O3S/c1-3-14(18(24)25)22-15-9-8-13(20)10-16(15)26-19(22)21-17(23)12-6-4-11(2)5-7-12/h4-10,14H,3H2,1-2H3,(H,24,25)/b21-19-. The molecule has 0 fully saturated rings. The zero-order valence-corrected chi connectivity index (χ0v) is 15.1. The summed E-state index contributed by atoms with van der Waals surface area (Å²) in [6, 6.07) is 10.2. The van der Waals surface area contributed by atoms with E-state index in [-0.39, 0.29) is 4.80 Å². The van der Waals surface area contributed by atoms with E-state index in [9.17, 15) is 19.1 Å². The number of carboxylic acid groups (broad SMARTS) is 1. The summed E-state index contributed by atoms with van der Waals surface area (Å²) >= 11 is 1.10. The van der Waals surface area contributed by atoms with Crippen molar-refractivity contribution in [3.8, 4) is 0 Å². The first kappa shape index (κ1) is 18.0. The first-order valence-electron chi connectivity index (χ1n) is 8.10. The van der Waals surface area contributed by atoms with Crippen molar-refractivity contribution in [3.05, 3.63) is 64.2 Å². The number of fused-ring (bicyclic) bond motifs is 1. The number of carbonyl (C=O) groups is 2. The first-order chi connectivity index (χ1) is 12.4. The molecule has 0 bridgehead atoms. The molecule has 26 heavy (non-hydrogen) atoms. The summed E-state index contributed by atoms with van der Waals surface area (Å²) in [4.78, 5) is 28.6. The molecular formula is C19H17FN2O3S. The number of nitrogens with zero attached hydrogens (tertiary/aromatic N) is 2. The van der Waals surface area contributed by atoms with Crippen LogP contribution in [0.2, 0.25) is 0 Å². The summed E-state index contributed by atoms with van der Waals surface area (Å²) in [7, 11) is 0. The van der Waals surface area contributed by atoms with E-state index in [1.807, 2.05) is 19.1 Å². The van der Waals surface area contributed by atoms with Crippen molar-refractivity contribution in [2.45, 2.75) is 26.3 Å². The van der Waals surface area contributed by atoms with Gasteiger partial charge in [0.1, 0.15) is 11.9 Å². The highest BCUT2D eigenvalue weighted by Crippen LogP contribution is 2.23. The van der Waals surface area contributed by atoms with Gasteiger partial charge >= 0.3 is 5.97 Å². The molecule has 1 amide bonds. The molecular weight excluding hydrogens is 355 g/mol. The van der Waals surface area contributed by atoms with Gasteiger partial charge in [0.05, 0.1) is 10.2 Å². The molecule has 0 aliphatic heterocycles. The van der Waals surface area contributed by atoms with E-state index in [2.05, 4.69) is 4.99 Å². The van der Waals surface area contributed by atoms with Crippen LogP contribution in [0.25, 0.3) is 10.2 Å². The maximum absolute atomic E-state index is 13.6. The Bertz CT molecular complexity index is 1050. The summed E-state index contributed by atoms with van der Waals surface area (Å²) in [6.07, 6.45) is 0.310. The summed E-state index contributed by atoms with van der Waals surface area (Å²) in [5, 5.41) is 9.55. The summed E-state index contributed by atoms with van der Waals surface area (Å²) in [5.74, 6) is -1.92. The van der Waals surface area contributed by atoms with Crippen LogP contribution in [0.1, 0.15) is 35.3 Å². The van der Waals surface area contributed by atoms with E-state index in [4.69, 9.17) is 0 Å². The molecule has 3 aromatic rings. The topological polar surface area (TPSA) is 71.7 Å². The number of hydrogen-bond acceptors (Lipinski definition) is 3. The highest BCUT2D eigenvalue weighted by Gasteiger charge is 2.22. The van der Waals surface area contributed by atoms with Crippen molar-refractivity contribution in [1.29, 1.82) is 0 Å². The van der Waals surface area contributed by atoms with E-state index in [1.54, 1.807) is 19.1 Å². The number of amides is 1. The lowest BCUT2D eigenvalue weighted by atomic mass is 10.1. The molecule has 1 heterocycles. The van der Waals surface area contributed by atoms with Crippen LogP contribution in [0, 0.1) is 12.7 Å². The fraction of sp³-hybridized carbons (Fsp3) is 0.211. The lowest BCUT2D eigenvalue weighted by molar-refractivity contribution is -0.140. The van der Waals surface area contributed by atoms with Crippen molar-refractivity contribution in [1.82, 2.24) is 4.57 Å². The third kappa shape index (κ3) is 3.43. The normalized spacial score (nSPS) is 13.1. The van der Waals surface area contributed by atoms with Gasteiger partial charge in [-0.15, -0.1) is 0 Å². The zero-order valence-electron chi connectivity index (χ0n) is 14.3. The van der Waals surface area contributed by atoms with Gasteiger partial charge in [0, 0.05) is 5.56 Å². The van der Waals surface area contributed by atoms with E-state index in [0.717, 1.165) is 16.9 Å². The fourth-order valence-electron chi connectivity index (χ4n) is 2.71. The highest BCUT2D eigenvalue weighted by atomic mass is 32.1. The molecule has 3 rings (SSSR count). The van der Waals surface area contributed by atoms with E-state index in [0.29, 0.717) is 22.2 Å². The van der Waals surface area contributed by atoms with Gasteiger partial charge < -0.3 is 9.67 Å². The number of aliphatic carboxylic acids is 1. The van der Waals surface area contributed by atoms with Gasteiger partial charge in [-0.2, -0.15) is 4.99 Å². The number of thiazole rings is 1. The van der Waals surface area contributed by atoms with Gasteiger partial charge in [-0.3, -0.25) is 4.79 Å². The number of rotatable bonds is 4. The summed E-state index contributed by atoms with van der Waals surface area (Å²) < 4.78 is 15.6. The van der Waals surface area contributed by atoms with Gasteiger partial charge in [0.15, 0.2) is 4.80 Å². The Morgan fingerprint density at radius 2 is 1.92 bits per heavy atom. The van der Waals surface area contributed by atoms with Crippen molar-refractivity contribution >= 4 is 33.4 Å². The number of benzene rings is 2. The van der Waals surface area contributed by atoms with Crippen LogP contribution in [-0.2, 0) is 4.79 Å². The molecule has 7 heteroatoms. The van der Waals surface area contributed by atoms with Crippen LogP contribution in [-0.4, -0.2) is 21.6 Å². The zero-order chi connectivity index (χ0) is 18.8. The van der Waals surface area contributed by atoms with Crippen LogP contribution < -0.4 is 4.80 Å². The van der Waals surface area contributed by atoms with Crippen LogP contribution in [0.15, 0.2) is 47.5 Å². The predicted octanol–water partition coefficient (Wildman–Crippen LogP) is 3.93. The second kappa shape index (κ2) is 7.21. The fourth-order valence-corrected chi connectivity index (χ4v) is 3.80. The highest BCUT2D eigenvalue weighted by molar-refractivity contribution is 7.16. The first-order valence-corrected chi connectivity index (χ1v) is 8.91. The average molecular weight is 372 g/mol. The molecule has 1 aromatic heterocycles. The molecule has 1 N–H and O–H groups in total. The second-order valence-corrected chi connectivity index (χ2v) is 6.92. The number of carbonyl (C=O) groups excluding carboxylic acids is 1. The molecule has 0 saturated heterocycles. The molecule has 0 aliphatic carbocycles. The average Bonchev–Trinajstić information content (AvgIpc) is 2.93. The van der Waals surface area contributed by atoms with E-state index < -0.39 is 23.7 Å². The van der Waals surface area contributed by atoms with Crippen LogP contribution in [0.4, 0.5) is 4.39 Å². The van der Waals surface area contributed by atoms with E-state index >= 15 is 0 Å². The monoisotopic (exact) mass is 372 g/mol. The molecule has 134 valence electrons. The third-order valence-corrected chi connectivity index (χ3v) is 5.09.